The van der Waals surface area contributed by atoms with Gasteiger partial charge in [0.05, 0.1) is 11.7 Å². The molecular weight excluding hydrogens is 248 g/mol. The number of nitrogens with zero attached hydrogens (tertiary/aromatic N) is 1. The molecule has 1 atom stereocenters. The number of aryl methyl sites for hydroxylation is 1. The molecule has 0 fully saturated rings. The van der Waals surface area contributed by atoms with Gasteiger partial charge in [-0.25, -0.2) is 0 Å². The third-order valence-corrected chi connectivity index (χ3v) is 4.11. The molecule has 0 bridgehead atoms. The number of nitrogens with two attached hydrogens (primary N) is 3. The number of aromatic nitrogens is 1. The first-order valence-corrected chi connectivity index (χ1v) is 7.34. The maximum atomic E-state index is 6.40. The Morgan fingerprint density at radius 2 is 1.80 bits per heavy atom. The Kier molecular flexibility index (Phi) is 3.70. The molecule has 0 saturated carbocycles. The SMILES string of the molecule is NC(N)CC(N)c1c2c(nc3ccccc13)CCCC2. The maximum absolute atomic E-state index is 6.40. The van der Waals surface area contributed by atoms with Crippen molar-refractivity contribution in [2.75, 3.05) is 0 Å². The molecule has 1 heterocycles. The summed E-state index contributed by atoms with van der Waals surface area (Å²) in [6.07, 6.45) is 4.76. The molecule has 6 N–H and O–H groups in total. The summed E-state index contributed by atoms with van der Waals surface area (Å²) >= 11 is 0. The van der Waals surface area contributed by atoms with Crippen molar-refractivity contribution in [3.05, 3.63) is 41.1 Å². The first-order chi connectivity index (χ1) is 9.66. The fourth-order valence-corrected chi connectivity index (χ4v) is 3.24. The van der Waals surface area contributed by atoms with E-state index < -0.39 is 0 Å². The summed E-state index contributed by atoms with van der Waals surface area (Å²) in [7, 11) is 0. The van der Waals surface area contributed by atoms with Gasteiger partial charge < -0.3 is 17.2 Å². The quantitative estimate of drug-likeness (QED) is 0.741. The van der Waals surface area contributed by atoms with Gasteiger partial charge in [-0.3, -0.25) is 4.98 Å². The molecule has 0 aliphatic heterocycles. The minimum absolute atomic E-state index is 0.116. The number of fused-ring (bicyclic) bond motifs is 2. The Bertz CT molecular complexity index is 621. The van der Waals surface area contributed by atoms with E-state index in [1.54, 1.807) is 0 Å². The molecule has 0 saturated heterocycles. The third kappa shape index (κ3) is 2.42. The molecule has 0 radical (unpaired) electrons. The fourth-order valence-electron chi connectivity index (χ4n) is 3.24. The zero-order valence-corrected chi connectivity index (χ0v) is 11.7. The fraction of sp³-hybridized carbons (Fsp3) is 0.438. The van der Waals surface area contributed by atoms with E-state index in [9.17, 15) is 0 Å². The molecule has 1 unspecified atom stereocenters. The molecule has 1 aromatic heterocycles. The van der Waals surface area contributed by atoms with Crippen LogP contribution in [0.15, 0.2) is 24.3 Å². The van der Waals surface area contributed by atoms with E-state index in [0.29, 0.717) is 6.42 Å². The molecule has 20 heavy (non-hydrogen) atoms. The molecular formula is C16H22N4. The number of hydrogen-bond donors (Lipinski definition) is 3. The van der Waals surface area contributed by atoms with Gasteiger partial charge in [-0.2, -0.15) is 0 Å². The number of para-hydroxylation sites is 1. The van der Waals surface area contributed by atoms with Crippen molar-refractivity contribution in [3.8, 4) is 0 Å². The highest BCUT2D eigenvalue weighted by Crippen LogP contribution is 2.33. The number of pyridine rings is 1. The van der Waals surface area contributed by atoms with E-state index in [1.807, 2.05) is 12.1 Å². The van der Waals surface area contributed by atoms with Gasteiger partial charge in [-0.05, 0) is 49.3 Å². The van der Waals surface area contributed by atoms with Gasteiger partial charge in [0.25, 0.3) is 0 Å². The lowest BCUT2D eigenvalue weighted by Gasteiger charge is -2.25. The first kappa shape index (κ1) is 13.5. The van der Waals surface area contributed by atoms with Crippen LogP contribution in [0.1, 0.15) is 42.1 Å². The highest BCUT2D eigenvalue weighted by molar-refractivity contribution is 5.84. The van der Waals surface area contributed by atoms with Gasteiger partial charge in [0.15, 0.2) is 0 Å². The normalized spacial score (nSPS) is 16.4. The average Bonchev–Trinajstić information content (AvgIpc) is 2.43. The van der Waals surface area contributed by atoms with Crippen LogP contribution in [0.4, 0.5) is 0 Å². The molecule has 3 rings (SSSR count). The van der Waals surface area contributed by atoms with Crippen LogP contribution in [0.3, 0.4) is 0 Å². The van der Waals surface area contributed by atoms with E-state index in [0.717, 1.165) is 23.7 Å². The van der Waals surface area contributed by atoms with E-state index >= 15 is 0 Å². The molecule has 4 heteroatoms. The van der Waals surface area contributed by atoms with E-state index in [4.69, 9.17) is 22.2 Å². The second-order valence-corrected chi connectivity index (χ2v) is 5.68. The largest absolute Gasteiger partial charge is 0.324 e. The standard InChI is InChI=1S/C16H22N4/c17-12(9-15(18)19)16-10-5-1-3-7-13(10)20-14-8-4-2-6-11(14)16/h1,3,5,7,12,15H,2,4,6,8-9,17-19H2. The van der Waals surface area contributed by atoms with Crippen molar-refractivity contribution in [3.63, 3.8) is 0 Å². The predicted molar refractivity (Wildman–Crippen MR) is 82.1 cm³/mol. The van der Waals surface area contributed by atoms with Gasteiger partial charge in [0.1, 0.15) is 0 Å². The van der Waals surface area contributed by atoms with Crippen molar-refractivity contribution in [1.82, 2.24) is 4.98 Å². The smallest absolute Gasteiger partial charge is 0.0708 e. The second kappa shape index (κ2) is 5.48. The number of benzene rings is 1. The van der Waals surface area contributed by atoms with E-state index in [-0.39, 0.29) is 12.2 Å². The topological polar surface area (TPSA) is 91.0 Å². The highest BCUT2D eigenvalue weighted by Gasteiger charge is 2.22. The van der Waals surface area contributed by atoms with Crippen molar-refractivity contribution in [1.29, 1.82) is 0 Å². The molecule has 0 amide bonds. The van der Waals surface area contributed by atoms with Crippen molar-refractivity contribution < 1.29 is 0 Å². The summed E-state index contributed by atoms with van der Waals surface area (Å²) in [6.45, 7) is 0. The lowest BCUT2D eigenvalue weighted by molar-refractivity contribution is 0.545. The summed E-state index contributed by atoms with van der Waals surface area (Å²) in [5.41, 5.74) is 22.7. The summed E-state index contributed by atoms with van der Waals surface area (Å²) in [6, 6.07) is 8.11. The van der Waals surface area contributed by atoms with Crippen molar-refractivity contribution >= 4 is 10.9 Å². The zero-order chi connectivity index (χ0) is 14.1. The van der Waals surface area contributed by atoms with Crippen LogP contribution in [0, 0.1) is 0 Å². The van der Waals surface area contributed by atoms with E-state index in [2.05, 4.69) is 12.1 Å². The number of hydrogen-bond acceptors (Lipinski definition) is 4. The number of rotatable bonds is 3. The zero-order valence-electron chi connectivity index (χ0n) is 11.7. The first-order valence-electron chi connectivity index (χ1n) is 7.34. The molecule has 106 valence electrons. The van der Waals surface area contributed by atoms with Crippen LogP contribution in [0.5, 0.6) is 0 Å². The maximum Gasteiger partial charge on any atom is 0.0708 e. The van der Waals surface area contributed by atoms with Gasteiger partial charge in [-0.15, -0.1) is 0 Å². The van der Waals surface area contributed by atoms with Gasteiger partial charge >= 0.3 is 0 Å². The Hall–Kier alpha value is -1.49. The van der Waals surface area contributed by atoms with Gasteiger partial charge in [-0.1, -0.05) is 18.2 Å². The van der Waals surface area contributed by atoms with Crippen LogP contribution in [-0.4, -0.2) is 11.1 Å². The van der Waals surface area contributed by atoms with Crippen LogP contribution in [0.25, 0.3) is 10.9 Å². The van der Waals surface area contributed by atoms with Crippen LogP contribution in [-0.2, 0) is 12.8 Å². The summed E-state index contributed by atoms with van der Waals surface area (Å²) in [4.78, 5) is 4.82. The van der Waals surface area contributed by atoms with Crippen molar-refractivity contribution in [2.24, 2.45) is 17.2 Å². The second-order valence-electron chi connectivity index (χ2n) is 5.68. The Balaban J connectivity index is 2.20. The molecule has 0 spiro atoms. The van der Waals surface area contributed by atoms with Crippen LogP contribution in [0.2, 0.25) is 0 Å². The van der Waals surface area contributed by atoms with Crippen LogP contribution >= 0.6 is 0 Å². The molecule has 1 aromatic carbocycles. The Morgan fingerprint density at radius 3 is 2.60 bits per heavy atom. The molecule has 1 aliphatic rings. The summed E-state index contributed by atoms with van der Waals surface area (Å²) in [5, 5.41) is 1.15. The third-order valence-electron chi connectivity index (χ3n) is 4.11. The Morgan fingerprint density at radius 1 is 1.05 bits per heavy atom. The van der Waals surface area contributed by atoms with E-state index in [1.165, 1.54) is 29.7 Å². The minimum atomic E-state index is -0.379. The summed E-state index contributed by atoms with van der Waals surface area (Å²) < 4.78 is 0. The lowest BCUT2D eigenvalue weighted by atomic mass is 9.86. The van der Waals surface area contributed by atoms with Crippen molar-refractivity contribution in [2.45, 2.75) is 44.3 Å². The predicted octanol–water partition coefficient (Wildman–Crippen LogP) is 1.75. The highest BCUT2D eigenvalue weighted by atomic mass is 14.9. The molecule has 2 aromatic rings. The molecule has 1 aliphatic carbocycles. The van der Waals surface area contributed by atoms with Crippen LogP contribution < -0.4 is 17.2 Å². The Labute approximate surface area is 119 Å². The lowest BCUT2D eigenvalue weighted by Crippen LogP contribution is -2.34. The van der Waals surface area contributed by atoms with Gasteiger partial charge in [0, 0.05) is 17.1 Å². The summed E-state index contributed by atoms with van der Waals surface area (Å²) in [5.74, 6) is 0. The minimum Gasteiger partial charge on any atom is -0.324 e. The molecule has 4 nitrogen and oxygen atoms in total. The monoisotopic (exact) mass is 270 g/mol. The average molecular weight is 270 g/mol. The van der Waals surface area contributed by atoms with Gasteiger partial charge in [0.2, 0.25) is 0 Å².